The third kappa shape index (κ3) is 1.66. The third-order valence-electron chi connectivity index (χ3n) is 1.41. The summed E-state index contributed by atoms with van der Waals surface area (Å²) in [6.07, 6.45) is 4.49. The van der Waals surface area contributed by atoms with Gasteiger partial charge in [0, 0.05) is 6.20 Å². The molecule has 0 atom stereocenters. The molecule has 0 amide bonds. The van der Waals surface area contributed by atoms with Crippen molar-refractivity contribution in [3.05, 3.63) is 33.2 Å². The summed E-state index contributed by atoms with van der Waals surface area (Å²) >= 11 is 4.20. The van der Waals surface area contributed by atoms with E-state index in [1.165, 1.54) is 10.9 Å². The fourth-order valence-electron chi connectivity index (χ4n) is 0.852. The van der Waals surface area contributed by atoms with Crippen LogP contribution in [0.4, 0.5) is 5.00 Å². The molecule has 2 aromatic rings. The minimum Gasteiger partial charge on any atom is -0.257 e. The second-order valence-electron chi connectivity index (χ2n) is 2.34. The zero-order valence-corrected chi connectivity index (χ0v) is 9.03. The molecule has 8 heteroatoms. The summed E-state index contributed by atoms with van der Waals surface area (Å²) in [5, 5.41) is 14.8. The van der Waals surface area contributed by atoms with Gasteiger partial charge in [0.2, 0.25) is 5.13 Å². The Balaban J connectivity index is 2.38. The first-order valence-electron chi connectivity index (χ1n) is 3.47. The van der Waals surface area contributed by atoms with Crippen LogP contribution in [0.5, 0.6) is 0 Å². The molecule has 72 valence electrons. The maximum Gasteiger partial charge on any atom is 0.345 e. The van der Waals surface area contributed by atoms with E-state index >= 15 is 0 Å². The first kappa shape index (κ1) is 9.28. The van der Waals surface area contributed by atoms with E-state index in [1.807, 2.05) is 0 Å². The van der Waals surface area contributed by atoms with E-state index < -0.39 is 4.92 Å². The summed E-state index contributed by atoms with van der Waals surface area (Å²) in [6, 6.07) is 0. The lowest BCUT2D eigenvalue weighted by molar-refractivity contribution is -0.380. The van der Waals surface area contributed by atoms with E-state index in [0.29, 0.717) is 5.13 Å². The smallest absolute Gasteiger partial charge is 0.257 e. The summed E-state index contributed by atoms with van der Waals surface area (Å²) in [4.78, 5) is 13.8. The Hall–Kier alpha value is -1.28. The molecule has 0 N–H and O–H groups in total. The van der Waals surface area contributed by atoms with Crippen LogP contribution in [-0.4, -0.2) is 19.7 Å². The standard InChI is InChI=1S/C6H3BrN4O2S/c7-4-1-9-10(3-4)6-8-2-5(14-6)11(12)13/h1-3H. The molecule has 14 heavy (non-hydrogen) atoms. The van der Waals surface area contributed by atoms with E-state index in [1.54, 1.807) is 12.4 Å². The SMILES string of the molecule is O=[N+]([O-])c1cnc(-n2cc(Br)cn2)s1. The minimum absolute atomic E-state index is 0.00613. The van der Waals surface area contributed by atoms with Gasteiger partial charge in [0.15, 0.2) is 0 Å². The van der Waals surface area contributed by atoms with Gasteiger partial charge in [0.05, 0.1) is 15.6 Å². The normalized spacial score (nSPS) is 10.4. The van der Waals surface area contributed by atoms with Gasteiger partial charge in [-0.15, -0.1) is 0 Å². The topological polar surface area (TPSA) is 73.8 Å². The maximum absolute atomic E-state index is 10.4. The second kappa shape index (κ2) is 3.46. The van der Waals surface area contributed by atoms with Gasteiger partial charge in [0.1, 0.15) is 6.20 Å². The molecular weight excluding hydrogens is 272 g/mol. The molecule has 2 rings (SSSR count). The highest BCUT2D eigenvalue weighted by Crippen LogP contribution is 2.24. The van der Waals surface area contributed by atoms with Crippen molar-refractivity contribution in [3.8, 4) is 5.13 Å². The number of hydrogen-bond acceptors (Lipinski definition) is 5. The van der Waals surface area contributed by atoms with Crippen LogP contribution in [0.2, 0.25) is 0 Å². The van der Waals surface area contributed by atoms with Crippen LogP contribution in [0.3, 0.4) is 0 Å². The highest BCUT2D eigenvalue weighted by Gasteiger charge is 2.12. The van der Waals surface area contributed by atoms with Crippen molar-refractivity contribution in [2.24, 2.45) is 0 Å². The average molecular weight is 275 g/mol. The minimum atomic E-state index is -0.473. The Morgan fingerprint density at radius 3 is 2.86 bits per heavy atom. The van der Waals surface area contributed by atoms with Crippen molar-refractivity contribution in [1.29, 1.82) is 0 Å². The Morgan fingerprint density at radius 1 is 1.57 bits per heavy atom. The van der Waals surface area contributed by atoms with Gasteiger partial charge in [-0.25, -0.2) is 9.67 Å². The number of aromatic nitrogens is 3. The molecule has 0 spiro atoms. The van der Waals surface area contributed by atoms with Gasteiger partial charge in [-0.2, -0.15) is 5.10 Å². The summed E-state index contributed by atoms with van der Waals surface area (Å²) in [6.45, 7) is 0. The van der Waals surface area contributed by atoms with Crippen LogP contribution >= 0.6 is 27.3 Å². The van der Waals surface area contributed by atoms with E-state index in [-0.39, 0.29) is 5.00 Å². The van der Waals surface area contributed by atoms with Crippen LogP contribution in [0.1, 0.15) is 0 Å². The van der Waals surface area contributed by atoms with Crippen LogP contribution in [0, 0.1) is 10.1 Å². The molecular formula is C6H3BrN4O2S. The number of rotatable bonds is 2. The number of nitro groups is 1. The molecule has 0 saturated heterocycles. The van der Waals surface area contributed by atoms with Crippen LogP contribution in [0.15, 0.2) is 23.1 Å². The van der Waals surface area contributed by atoms with Gasteiger partial charge < -0.3 is 0 Å². The number of thiazole rings is 1. The average Bonchev–Trinajstić information content (AvgIpc) is 2.70. The van der Waals surface area contributed by atoms with Crippen LogP contribution in [-0.2, 0) is 0 Å². The molecule has 6 nitrogen and oxygen atoms in total. The molecule has 0 saturated carbocycles. The van der Waals surface area contributed by atoms with Crippen molar-refractivity contribution in [2.75, 3.05) is 0 Å². The summed E-state index contributed by atoms with van der Waals surface area (Å²) < 4.78 is 2.28. The highest BCUT2D eigenvalue weighted by molar-refractivity contribution is 9.10. The summed E-state index contributed by atoms with van der Waals surface area (Å²) in [5.41, 5.74) is 0. The van der Waals surface area contributed by atoms with Crippen molar-refractivity contribution in [1.82, 2.24) is 14.8 Å². The molecule has 0 radical (unpaired) electrons. The van der Waals surface area contributed by atoms with Gasteiger partial charge in [0.25, 0.3) is 0 Å². The lowest BCUT2D eigenvalue weighted by Crippen LogP contribution is -1.91. The molecule has 0 aliphatic rings. The lowest BCUT2D eigenvalue weighted by Gasteiger charge is -1.89. The predicted molar refractivity (Wildman–Crippen MR) is 53.6 cm³/mol. The van der Waals surface area contributed by atoms with Crippen molar-refractivity contribution in [3.63, 3.8) is 0 Å². The Morgan fingerprint density at radius 2 is 2.36 bits per heavy atom. The van der Waals surface area contributed by atoms with Crippen LogP contribution in [0.25, 0.3) is 5.13 Å². The van der Waals surface area contributed by atoms with Crippen LogP contribution < -0.4 is 0 Å². The molecule has 0 bridgehead atoms. The zero-order valence-electron chi connectivity index (χ0n) is 6.62. The van der Waals surface area contributed by atoms with E-state index in [4.69, 9.17) is 0 Å². The van der Waals surface area contributed by atoms with Crippen molar-refractivity contribution in [2.45, 2.75) is 0 Å². The zero-order chi connectivity index (χ0) is 10.1. The van der Waals surface area contributed by atoms with Gasteiger partial charge >= 0.3 is 5.00 Å². The van der Waals surface area contributed by atoms with E-state index in [0.717, 1.165) is 15.8 Å². The molecule has 0 unspecified atom stereocenters. The van der Waals surface area contributed by atoms with E-state index in [2.05, 4.69) is 26.0 Å². The fourth-order valence-corrected chi connectivity index (χ4v) is 1.80. The number of halogens is 1. The number of hydrogen-bond donors (Lipinski definition) is 0. The summed E-state index contributed by atoms with van der Waals surface area (Å²) in [7, 11) is 0. The molecule has 2 heterocycles. The first-order valence-corrected chi connectivity index (χ1v) is 5.08. The molecule has 0 aromatic carbocycles. The van der Waals surface area contributed by atoms with Crippen molar-refractivity contribution >= 4 is 32.3 Å². The Kier molecular flexibility index (Phi) is 2.30. The molecule has 2 aromatic heterocycles. The Labute approximate surface area is 90.5 Å². The van der Waals surface area contributed by atoms with Gasteiger partial charge in [-0.3, -0.25) is 10.1 Å². The Bertz CT molecular complexity index is 480. The predicted octanol–water partition coefficient (Wildman–Crippen LogP) is 2.00. The lowest BCUT2D eigenvalue weighted by atomic mass is 10.7. The third-order valence-corrected chi connectivity index (χ3v) is 2.76. The van der Waals surface area contributed by atoms with Crippen molar-refractivity contribution < 1.29 is 4.92 Å². The largest absolute Gasteiger partial charge is 0.345 e. The fraction of sp³-hybridized carbons (Fsp3) is 0. The highest BCUT2D eigenvalue weighted by atomic mass is 79.9. The quantitative estimate of drug-likeness (QED) is 0.620. The number of nitrogens with zero attached hydrogens (tertiary/aromatic N) is 4. The second-order valence-corrected chi connectivity index (χ2v) is 4.24. The van der Waals surface area contributed by atoms with E-state index in [9.17, 15) is 10.1 Å². The molecule has 0 aliphatic carbocycles. The first-order chi connectivity index (χ1) is 6.66. The van der Waals surface area contributed by atoms with Gasteiger partial charge in [-0.1, -0.05) is 0 Å². The monoisotopic (exact) mass is 274 g/mol. The van der Waals surface area contributed by atoms with Gasteiger partial charge in [-0.05, 0) is 27.3 Å². The summed E-state index contributed by atoms with van der Waals surface area (Å²) in [5.74, 6) is 0. The maximum atomic E-state index is 10.4. The molecule has 0 fully saturated rings. The molecule has 0 aliphatic heterocycles.